The third-order valence-corrected chi connectivity index (χ3v) is 2.67. The molecule has 0 aliphatic heterocycles. The zero-order valence-electron chi connectivity index (χ0n) is 10.8. The number of nitrogens with one attached hydrogen (secondary N) is 2. The molecule has 0 fully saturated rings. The van der Waals surface area contributed by atoms with Gasteiger partial charge in [-0.2, -0.15) is 0 Å². The molecule has 20 heavy (non-hydrogen) atoms. The van der Waals surface area contributed by atoms with Crippen molar-refractivity contribution in [2.24, 2.45) is 0 Å². The molecule has 0 saturated heterocycles. The molecule has 4 nitrogen and oxygen atoms in total. The highest BCUT2D eigenvalue weighted by molar-refractivity contribution is 5.92. The minimum Gasteiger partial charge on any atom is -0.373 e. The van der Waals surface area contributed by atoms with Gasteiger partial charge in [-0.1, -0.05) is 12.1 Å². The van der Waals surface area contributed by atoms with Crippen LogP contribution in [0.15, 0.2) is 36.4 Å². The van der Waals surface area contributed by atoms with Crippen LogP contribution in [0, 0.1) is 11.6 Å². The molecule has 0 aliphatic rings. The van der Waals surface area contributed by atoms with Crippen molar-refractivity contribution in [3.05, 3.63) is 59.3 Å². The zero-order chi connectivity index (χ0) is 14.5. The van der Waals surface area contributed by atoms with Crippen LogP contribution in [0.2, 0.25) is 0 Å². The number of rotatable bonds is 4. The maximum absolute atomic E-state index is 13.0. The summed E-state index contributed by atoms with van der Waals surface area (Å²) in [5.41, 5.74) is 0.724. The van der Waals surface area contributed by atoms with Gasteiger partial charge in [0.2, 0.25) is 0 Å². The van der Waals surface area contributed by atoms with E-state index in [1.165, 1.54) is 6.07 Å². The molecule has 1 aromatic carbocycles. The van der Waals surface area contributed by atoms with Crippen molar-refractivity contribution in [2.75, 3.05) is 12.4 Å². The van der Waals surface area contributed by atoms with Gasteiger partial charge in [-0.05, 0) is 29.8 Å². The maximum Gasteiger partial charge on any atom is 0.270 e. The zero-order valence-corrected chi connectivity index (χ0v) is 10.8. The topological polar surface area (TPSA) is 54.0 Å². The second-order valence-corrected chi connectivity index (χ2v) is 4.09. The number of hydrogen-bond donors (Lipinski definition) is 2. The highest BCUT2D eigenvalue weighted by Crippen LogP contribution is 2.09. The van der Waals surface area contributed by atoms with Gasteiger partial charge in [-0.25, -0.2) is 13.8 Å². The summed E-state index contributed by atoms with van der Waals surface area (Å²) in [7, 11) is 1.70. The smallest absolute Gasteiger partial charge is 0.270 e. The van der Waals surface area contributed by atoms with Crippen molar-refractivity contribution in [2.45, 2.75) is 6.54 Å². The molecule has 1 aromatic heterocycles. The Morgan fingerprint density at radius 3 is 2.70 bits per heavy atom. The van der Waals surface area contributed by atoms with E-state index in [-0.39, 0.29) is 18.1 Å². The molecule has 0 atom stereocenters. The third-order valence-electron chi connectivity index (χ3n) is 2.67. The highest BCUT2D eigenvalue weighted by atomic mass is 19.2. The molecule has 2 aromatic rings. The number of carbonyl (C=O) groups is 1. The molecule has 2 N–H and O–H groups in total. The summed E-state index contributed by atoms with van der Waals surface area (Å²) >= 11 is 0. The van der Waals surface area contributed by atoms with Crippen LogP contribution in [-0.2, 0) is 6.54 Å². The number of halogens is 2. The Morgan fingerprint density at radius 1 is 1.20 bits per heavy atom. The van der Waals surface area contributed by atoms with Gasteiger partial charge in [0, 0.05) is 13.6 Å². The van der Waals surface area contributed by atoms with Crippen LogP contribution in [0.3, 0.4) is 0 Å². The van der Waals surface area contributed by atoms with Crippen LogP contribution in [0.5, 0.6) is 0 Å². The summed E-state index contributed by atoms with van der Waals surface area (Å²) in [6.45, 7) is 0.0987. The van der Waals surface area contributed by atoms with Crippen molar-refractivity contribution in [3.63, 3.8) is 0 Å². The van der Waals surface area contributed by atoms with E-state index in [1.54, 1.807) is 25.2 Å². The average Bonchev–Trinajstić information content (AvgIpc) is 2.48. The van der Waals surface area contributed by atoms with Gasteiger partial charge in [-0.3, -0.25) is 4.79 Å². The molecule has 104 valence electrons. The van der Waals surface area contributed by atoms with Crippen LogP contribution in [0.4, 0.5) is 14.6 Å². The lowest BCUT2D eigenvalue weighted by Gasteiger charge is -2.06. The molecule has 1 amide bonds. The van der Waals surface area contributed by atoms with E-state index in [9.17, 15) is 13.6 Å². The second-order valence-electron chi connectivity index (χ2n) is 4.09. The first-order valence-electron chi connectivity index (χ1n) is 5.97. The number of hydrogen-bond acceptors (Lipinski definition) is 3. The normalized spacial score (nSPS) is 10.2. The summed E-state index contributed by atoms with van der Waals surface area (Å²) in [5, 5.41) is 5.42. The van der Waals surface area contributed by atoms with Crippen LogP contribution >= 0.6 is 0 Å². The molecular weight excluding hydrogens is 264 g/mol. The number of benzene rings is 1. The standard InChI is InChI=1S/C14H13F2N3O/c1-17-13-4-2-3-12(19-13)14(20)18-8-9-5-6-10(15)11(16)7-9/h2-7H,8H2,1H3,(H,17,19)(H,18,20). The fraction of sp³-hybridized carbons (Fsp3) is 0.143. The minimum absolute atomic E-state index is 0.0987. The van der Waals surface area contributed by atoms with E-state index in [2.05, 4.69) is 15.6 Å². The average molecular weight is 277 g/mol. The molecule has 1 heterocycles. The van der Waals surface area contributed by atoms with Gasteiger partial charge in [-0.15, -0.1) is 0 Å². The Kier molecular flexibility index (Phi) is 4.24. The van der Waals surface area contributed by atoms with Crippen LogP contribution in [0.1, 0.15) is 16.1 Å². The number of amides is 1. The number of nitrogens with zero attached hydrogens (tertiary/aromatic N) is 1. The highest BCUT2D eigenvalue weighted by Gasteiger charge is 2.08. The largest absolute Gasteiger partial charge is 0.373 e. The van der Waals surface area contributed by atoms with Crippen LogP contribution in [0.25, 0.3) is 0 Å². The van der Waals surface area contributed by atoms with E-state index in [0.29, 0.717) is 11.4 Å². The van der Waals surface area contributed by atoms with E-state index < -0.39 is 11.6 Å². The fourth-order valence-corrected chi connectivity index (χ4v) is 1.62. The van der Waals surface area contributed by atoms with E-state index in [1.807, 2.05) is 0 Å². The van der Waals surface area contributed by atoms with E-state index in [4.69, 9.17) is 0 Å². The quantitative estimate of drug-likeness (QED) is 0.902. The molecule has 0 spiro atoms. The van der Waals surface area contributed by atoms with Gasteiger partial charge in [0.25, 0.3) is 5.91 Å². The molecule has 0 bridgehead atoms. The molecule has 0 aliphatic carbocycles. The van der Waals surface area contributed by atoms with Crippen molar-refractivity contribution in [3.8, 4) is 0 Å². The molecule has 0 unspecified atom stereocenters. The molecule has 6 heteroatoms. The first-order chi connectivity index (χ1) is 9.60. The van der Waals surface area contributed by atoms with Crippen LogP contribution in [-0.4, -0.2) is 17.9 Å². The Hall–Kier alpha value is -2.50. The molecule has 0 saturated carbocycles. The van der Waals surface area contributed by atoms with Crippen LogP contribution < -0.4 is 10.6 Å². The molecular formula is C14H13F2N3O. The van der Waals surface area contributed by atoms with Gasteiger partial charge in [0.1, 0.15) is 11.5 Å². The molecule has 2 rings (SSSR count). The first-order valence-corrected chi connectivity index (χ1v) is 5.97. The monoisotopic (exact) mass is 277 g/mol. The Morgan fingerprint density at radius 2 is 2.00 bits per heavy atom. The second kappa shape index (κ2) is 6.10. The SMILES string of the molecule is CNc1cccc(C(=O)NCc2ccc(F)c(F)c2)n1. The summed E-state index contributed by atoms with van der Waals surface area (Å²) < 4.78 is 25.8. The predicted octanol–water partition coefficient (Wildman–Crippen LogP) is 2.33. The van der Waals surface area contributed by atoms with E-state index in [0.717, 1.165) is 12.1 Å². The minimum atomic E-state index is -0.938. The summed E-state index contributed by atoms with van der Waals surface area (Å²) in [5.74, 6) is -1.66. The van der Waals surface area contributed by atoms with E-state index >= 15 is 0 Å². The van der Waals surface area contributed by atoms with Gasteiger partial charge in [0.15, 0.2) is 11.6 Å². The lowest BCUT2D eigenvalue weighted by atomic mass is 10.2. The Balaban J connectivity index is 2.02. The van der Waals surface area contributed by atoms with Gasteiger partial charge < -0.3 is 10.6 Å². The number of carbonyl (C=O) groups excluding carboxylic acids is 1. The summed E-state index contributed by atoms with van der Waals surface area (Å²) in [4.78, 5) is 15.9. The maximum atomic E-state index is 13.0. The lowest BCUT2D eigenvalue weighted by molar-refractivity contribution is 0.0946. The number of aromatic nitrogens is 1. The predicted molar refractivity (Wildman–Crippen MR) is 71.3 cm³/mol. The Bertz CT molecular complexity index is 632. The van der Waals surface area contributed by atoms with Crippen molar-refractivity contribution < 1.29 is 13.6 Å². The van der Waals surface area contributed by atoms with Gasteiger partial charge in [0.05, 0.1) is 0 Å². The summed E-state index contributed by atoms with van der Waals surface area (Å²) in [6.07, 6.45) is 0. The van der Waals surface area contributed by atoms with Crippen molar-refractivity contribution >= 4 is 11.7 Å². The fourth-order valence-electron chi connectivity index (χ4n) is 1.62. The molecule has 0 radical (unpaired) electrons. The lowest BCUT2D eigenvalue weighted by Crippen LogP contribution is -2.24. The van der Waals surface area contributed by atoms with Gasteiger partial charge >= 0.3 is 0 Å². The third kappa shape index (κ3) is 3.28. The first kappa shape index (κ1) is 13.9. The van der Waals surface area contributed by atoms with Crippen molar-refractivity contribution in [1.82, 2.24) is 10.3 Å². The van der Waals surface area contributed by atoms with Crippen molar-refractivity contribution in [1.29, 1.82) is 0 Å². The summed E-state index contributed by atoms with van der Waals surface area (Å²) in [6, 6.07) is 8.48. The Labute approximate surface area is 114 Å². The number of anilines is 1. The number of pyridine rings is 1.